The molecule has 5 heterocycles. The lowest BCUT2D eigenvalue weighted by molar-refractivity contribution is 0.00578. The Morgan fingerprint density at radius 1 is 0.591 bits per heavy atom. The van der Waals surface area contributed by atoms with Crippen molar-refractivity contribution in [3.63, 3.8) is 0 Å². The molecule has 2 aliphatic carbocycles. The summed E-state index contributed by atoms with van der Waals surface area (Å²) in [6, 6.07) is 15.2. The van der Waals surface area contributed by atoms with Crippen molar-refractivity contribution in [3.8, 4) is 22.6 Å². The summed E-state index contributed by atoms with van der Waals surface area (Å²) in [5, 5.41) is 48.7. The van der Waals surface area contributed by atoms with Crippen LogP contribution in [-0.2, 0) is 9.31 Å². The summed E-state index contributed by atoms with van der Waals surface area (Å²) in [5.41, 5.74) is -2.42. The summed E-state index contributed by atoms with van der Waals surface area (Å²) in [7, 11) is -0.678. The molecule has 8 N–H and O–H groups in total. The molecule has 4 aromatic carbocycles. The normalized spacial score (nSPS) is 15.0. The van der Waals surface area contributed by atoms with E-state index in [1.807, 2.05) is 27.7 Å². The Labute approximate surface area is 503 Å². The standard InChI is InChI=1S/C27H24F3N5O4.C17H23BFNO3.C16H13ClF2N4O3/c1-13-18(9-14(10-21(13)30)26(39)31-15-5-6-15)23-17-7-8-22(38)35(24-19(28)3-2-4-20(24)29)25(17)34-27(33-23)32-16(11-36)12-37;1-10-13(18-22-16(2,3)17(4,5)23-18)8-11(9-14(10)19)15(21)20-12-6-7-12;17-14-9-4-5-12(26)23(13-10(18)2-1-3-11(13)19)15(9)22-16(21-14)20-8(6-24)7-25/h2-4,7-10,15-16,36-37H,5-6,11-12H2,1H3,(H,31,39)(H,32,33,34);8-9,12H,6-7H2,1-5H3,(H,20,21);1-5,8,24-25H,6-7H2,(H,20,21,22). The average Bonchev–Trinajstić information content (AvgIpc) is 1.75. The molecule has 1 saturated heterocycles. The zero-order valence-corrected chi connectivity index (χ0v) is 48.9. The number of pyridine rings is 2. The first kappa shape index (κ1) is 64.2. The summed E-state index contributed by atoms with van der Waals surface area (Å²) in [5.74, 6) is -6.11. The number of rotatable bonds is 16. The van der Waals surface area contributed by atoms with E-state index in [-0.39, 0.29) is 79.5 Å². The Balaban J connectivity index is 0.000000165. The number of fused-ring (bicyclic) bond motifs is 2. The monoisotopic (exact) mass is 1240 g/mol. The van der Waals surface area contributed by atoms with E-state index in [0.717, 1.165) is 83.3 Å². The van der Waals surface area contributed by atoms with Crippen LogP contribution in [0.2, 0.25) is 5.15 Å². The number of halogens is 7. The molecule has 11 rings (SSSR count). The summed E-state index contributed by atoms with van der Waals surface area (Å²) in [6.45, 7) is 9.08. The zero-order chi connectivity index (χ0) is 63.7. The van der Waals surface area contributed by atoms with Crippen LogP contribution in [0.1, 0.15) is 85.2 Å². The fourth-order valence-electron chi connectivity index (χ4n) is 9.12. The molecular weight excluding hydrogens is 1180 g/mol. The van der Waals surface area contributed by atoms with Crippen molar-refractivity contribution in [2.75, 3.05) is 37.1 Å². The fourth-order valence-corrected chi connectivity index (χ4v) is 9.35. The smallest absolute Gasteiger partial charge is 0.399 e. The molecule has 8 aromatic rings. The molecule has 1 aliphatic heterocycles. The molecule has 4 aromatic heterocycles. The Bertz CT molecular complexity index is 4070. The van der Waals surface area contributed by atoms with Gasteiger partial charge in [0.15, 0.2) is 11.3 Å². The van der Waals surface area contributed by atoms with Crippen molar-refractivity contribution in [2.24, 2.45) is 0 Å². The van der Waals surface area contributed by atoms with Crippen LogP contribution >= 0.6 is 11.6 Å². The molecule has 0 unspecified atom stereocenters. The van der Waals surface area contributed by atoms with Crippen LogP contribution in [0.5, 0.6) is 0 Å². The third-order valence-corrected chi connectivity index (χ3v) is 15.5. The van der Waals surface area contributed by atoms with Gasteiger partial charge in [-0.05, 0) is 144 Å². The minimum atomic E-state index is -1.02. The lowest BCUT2D eigenvalue weighted by atomic mass is 9.75. The van der Waals surface area contributed by atoms with Crippen molar-refractivity contribution >= 4 is 70.0 Å². The number of benzene rings is 4. The van der Waals surface area contributed by atoms with Crippen LogP contribution in [0.4, 0.5) is 38.2 Å². The van der Waals surface area contributed by atoms with Crippen LogP contribution < -0.4 is 37.8 Å². The number of para-hydroxylation sites is 2. The maximum absolute atomic E-state index is 15.1. The zero-order valence-electron chi connectivity index (χ0n) is 48.2. The van der Waals surface area contributed by atoms with E-state index in [0.29, 0.717) is 16.6 Å². The topological polar surface area (TPSA) is 277 Å². The van der Waals surface area contributed by atoms with Crippen LogP contribution in [0.25, 0.3) is 44.7 Å². The second kappa shape index (κ2) is 26.2. The van der Waals surface area contributed by atoms with Gasteiger partial charge >= 0.3 is 7.12 Å². The van der Waals surface area contributed by atoms with Crippen molar-refractivity contribution in [2.45, 2.75) is 103 Å². The highest BCUT2D eigenvalue weighted by Crippen LogP contribution is 2.38. The number of hydrogen-bond donors (Lipinski definition) is 8. The number of anilines is 2. The van der Waals surface area contributed by atoms with Gasteiger partial charge < -0.3 is 51.0 Å². The van der Waals surface area contributed by atoms with Crippen LogP contribution in [0.15, 0.2) is 94.5 Å². The van der Waals surface area contributed by atoms with Gasteiger partial charge in [-0.25, -0.2) is 36.3 Å². The number of hydrogen-bond acceptors (Lipinski definition) is 16. The van der Waals surface area contributed by atoms with Crippen LogP contribution in [0, 0.1) is 48.8 Å². The highest BCUT2D eigenvalue weighted by atomic mass is 35.5. The van der Waals surface area contributed by atoms with Crippen molar-refractivity contribution in [3.05, 3.63) is 168 Å². The number of amides is 2. The highest BCUT2D eigenvalue weighted by molar-refractivity contribution is 6.62. The second-order valence-corrected chi connectivity index (χ2v) is 22.5. The van der Waals surface area contributed by atoms with Gasteiger partial charge in [0.25, 0.3) is 22.9 Å². The van der Waals surface area contributed by atoms with E-state index in [4.69, 9.17) is 31.1 Å². The Morgan fingerprint density at radius 3 is 1.44 bits per heavy atom. The Kier molecular flexibility index (Phi) is 19.1. The highest BCUT2D eigenvalue weighted by Gasteiger charge is 2.52. The van der Waals surface area contributed by atoms with E-state index >= 15 is 4.39 Å². The Morgan fingerprint density at radius 2 is 1.00 bits per heavy atom. The third kappa shape index (κ3) is 13.7. The Hall–Kier alpha value is -8.31. The lowest BCUT2D eigenvalue weighted by Crippen LogP contribution is -2.41. The van der Waals surface area contributed by atoms with Gasteiger partial charge in [-0.2, -0.15) is 9.97 Å². The van der Waals surface area contributed by atoms with E-state index in [2.05, 4.69) is 41.2 Å². The summed E-state index contributed by atoms with van der Waals surface area (Å²) >= 11 is 6.10. The van der Waals surface area contributed by atoms with E-state index in [9.17, 15) is 51.3 Å². The number of aromatic nitrogens is 6. The van der Waals surface area contributed by atoms with Gasteiger partial charge in [-0.15, -0.1) is 0 Å². The van der Waals surface area contributed by atoms with Crippen molar-refractivity contribution < 1.29 is 65.7 Å². The van der Waals surface area contributed by atoms with Gasteiger partial charge in [-0.1, -0.05) is 23.7 Å². The summed E-state index contributed by atoms with van der Waals surface area (Å²) < 4.78 is 101. The van der Waals surface area contributed by atoms with E-state index in [1.54, 1.807) is 13.0 Å². The van der Waals surface area contributed by atoms with E-state index < -0.39 is 120 Å². The molecule has 3 fully saturated rings. The van der Waals surface area contributed by atoms with Gasteiger partial charge in [0.2, 0.25) is 11.9 Å². The minimum absolute atomic E-state index is 0.0278. The second-order valence-electron chi connectivity index (χ2n) is 22.2. The van der Waals surface area contributed by atoms with Crippen LogP contribution in [-0.4, -0.2) is 130 Å². The first-order valence-corrected chi connectivity index (χ1v) is 28.1. The number of carbonyl (C=O) groups is 2. The first-order valence-electron chi connectivity index (χ1n) is 27.7. The van der Waals surface area contributed by atoms with Gasteiger partial charge in [0.05, 0.1) is 60.8 Å². The molecule has 0 radical (unpaired) electrons. The molecule has 88 heavy (non-hydrogen) atoms. The minimum Gasteiger partial charge on any atom is -0.399 e. The van der Waals surface area contributed by atoms with Crippen molar-refractivity contribution in [1.29, 1.82) is 0 Å². The van der Waals surface area contributed by atoms with Crippen molar-refractivity contribution in [1.82, 2.24) is 39.7 Å². The molecule has 2 amide bonds. The molecule has 2 saturated carbocycles. The number of carbonyl (C=O) groups excluding carboxylic acids is 2. The molecule has 462 valence electrons. The summed E-state index contributed by atoms with van der Waals surface area (Å²) in [4.78, 5) is 67.0. The fraction of sp³-hybridized carbons (Fsp3) is 0.333. The van der Waals surface area contributed by atoms with E-state index in [1.165, 1.54) is 37.3 Å². The largest absolute Gasteiger partial charge is 0.495 e. The quantitative estimate of drug-likeness (QED) is 0.0286. The lowest BCUT2D eigenvalue weighted by Gasteiger charge is -2.32. The number of nitrogens with one attached hydrogen (secondary N) is 4. The predicted molar refractivity (Wildman–Crippen MR) is 316 cm³/mol. The van der Waals surface area contributed by atoms with Gasteiger partial charge in [0.1, 0.15) is 51.4 Å². The van der Waals surface area contributed by atoms with Gasteiger partial charge in [-0.3, -0.25) is 28.3 Å². The average molecular weight is 1240 g/mol. The van der Waals surface area contributed by atoms with Crippen LogP contribution in [0.3, 0.4) is 0 Å². The summed E-state index contributed by atoms with van der Waals surface area (Å²) in [6.07, 6.45) is 3.65. The molecule has 0 bridgehead atoms. The predicted octanol–water partition coefficient (Wildman–Crippen LogP) is 6.63. The number of nitrogens with zero attached hydrogens (tertiary/aromatic N) is 6. The molecule has 28 heteroatoms. The molecule has 0 atom stereocenters. The molecular formula is C60H60BClF6N10O10. The maximum Gasteiger partial charge on any atom is 0.495 e. The number of aliphatic hydroxyl groups excluding tert-OH is 4. The molecule has 0 spiro atoms. The molecule has 20 nitrogen and oxygen atoms in total. The number of aliphatic hydroxyl groups is 4. The third-order valence-electron chi connectivity index (χ3n) is 15.2. The SMILES string of the molecule is Cc1c(F)cc(C(=O)NC2CC2)cc1-c1nc(NC(CO)CO)nc2c1ccc(=O)n2-c1c(F)cccc1F.Cc1c(F)cc(C(=O)NC2CC2)cc1B1OC(C)(C)C(C)(C)O1.O=c1ccc2c(Cl)nc(NC(CO)CO)nc2n1-c1c(F)cccc1F. The molecule has 3 aliphatic rings. The van der Waals surface area contributed by atoms with Gasteiger partial charge in [0, 0.05) is 46.3 Å². The maximum atomic E-state index is 15.1. The first-order chi connectivity index (χ1) is 41.8.